The van der Waals surface area contributed by atoms with E-state index < -0.39 is 48.1 Å². The Morgan fingerprint density at radius 1 is 1.29 bits per heavy atom. The van der Waals surface area contributed by atoms with Crippen molar-refractivity contribution in [2.45, 2.75) is 24.8 Å². The lowest BCUT2D eigenvalue weighted by Gasteiger charge is -2.30. The fourth-order valence-electron chi connectivity index (χ4n) is 3.63. The number of rotatable bonds is 5. The fraction of sp³-hybridized carbons (Fsp3) is 0.273. The molecule has 0 aliphatic carbocycles. The van der Waals surface area contributed by atoms with Crippen LogP contribution in [0.1, 0.15) is 23.7 Å². The second-order valence-corrected chi connectivity index (χ2v) is 7.96. The van der Waals surface area contributed by atoms with Gasteiger partial charge in [0.25, 0.3) is 0 Å². The molecular weight excluding hydrogens is 503 g/mol. The van der Waals surface area contributed by atoms with E-state index in [0.29, 0.717) is 4.90 Å². The van der Waals surface area contributed by atoms with Gasteiger partial charge in [0.1, 0.15) is 35.3 Å². The molecule has 1 N–H and O–H groups in total. The van der Waals surface area contributed by atoms with E-state index in [0.717, 1.165) is 6.07 Å². The fourth-order valence-corrected chi connectivity index (χ4v) is 4.14. The molecule has 1 heterocycles. The van der Waals surface area contributed by atoms with Crippen LogP contribution in [0.5, 0.6) is 5.75 Å². The standard InChI is InChI=1S/C22H18Cl2F4N2O4/c1-10(22(26,27)28)30-14-6-4-11(23)8-12(14)20(34-16(9-17(31)32)21(30)29-2)18-13(25)5-7-15(33-3)19(18)24/h4-8,16,20H,1,9H2,2-3H3,(H,31,32)/t16-,20?/m1/s1. The minimum absolute atomic E-state index is 0.0130. The molecule has 0 saturated carbocycles. The van der Waals surface area contributed by atoms with Gasteiger partial charge >= 0.3 is 12.1 Å². The number of aliphatic imine (C=N–C) groups is 1. The third-order valence-corrected chi connectivity index (χ3v) is 5.71. The smallest absolute Gasteiger partial charge is 0.431 e. The van der Waals surface area contributed by atoms with Crippen LogP contribution in [0.4, 0.5) is 23.2 Å². The van der Waals surface area contributed by atoms with Gasteiger partial charge in [0.05, 0.1) is 24.2 Å². The van der Waals surface area contributed by atoms with Crippen molar-refractivity contribution in [2.24, 2.45) is 4.99 Å². The van der Waals surface area contributed by atoms with Crippen LogP contribution in [0.25, 0.3) is 0 Å². The number of carboxylic acids is 1. The SMILES string of the molecule is C=C(N1C(=NC)[C@@H](CC(=O)O)OC(c2c(F)ccc(OC)c2Cl)c2cc(Cl)ccc21)C(F)(F)F. The van der Waals surface area contributed by atoms with Gasteiger partial charge in [0.15, 0.2) is 0 Å². The summed E-state index contributed by atoms with van der Waals surface area (Å²) in [7, 11) is 2.48. The summed E-state index contributed by atoms with van der Waals surface area (Å²) in [6, 6.07) is 6.17. The summed E-state index contributed by atoms with van der Waals surface area (Å²) in [5, 5.41) is 9.33. The molecule has 2 atom stereocenters. The molecule has 34 heavy (non-hydrogen) atoms. The lowest BCUT2D eigenvalue weighted by molar-refractivity contribution is -0.139. The Labute approximate surface area is 202 Å². The number of hydrogen-bond acceptors (Lipinski definition) is 4. The quantitative estimate of drug-likeness (QED) is 0.488. The van der Waals surface area contributed by atoms with E-state index in [1.807, 2.05) is 0 Å². The van der Waals surface area contributed by atoms with E-state index in [4.69, 9.17) is 32.7 Å². The van der Waals surface area contributed by atoms with Gasteiger partial charge in [0.2, 0.25) is 0 Å². The number of allylic oxidation sites excluding steroid dienone is 1. The molecule has 1 unspecified atom stereocenters. The maximum absolute atomic E-state index is 15.1. The predicted octanol–water partition coefficient (Wildman–Crippen LogP) is 6.01. The van der Waals surface area contributed by atoms with E-state index in [9.17, 15) is 23.1 Å². The first-order valence-corrected chi connectivity index (χ1v) is 10.4. The van der Waals surface area contributed by atoms with Crippen LogP contribution >= 0.6 is 23.2 Å². The normalized spacial score (nSPS) is 19.5. The summed E-state index contributed by atoms with van der Waals surface area (Å²) in [6.07, 6.45) is -8.71. The molecule has 0 spiro atoms. The van der Waals surface area contributed by atoms with Crippen LogP contribution in [0, 0.1) is 5.82 Å². The lowest BCUT2D eigenvalue weighted by atomic mass is 9.98. The molecule has 0 radical (unpaired) electrons. The minimum atomic E-state index is -4.92. The summed E-state index contributed by atoms with van der Waals surface area (Å²) >= 11 is 12.5. The molecule has 0 saturated heterocycles. The van der Waals surface area contributed by atoms with E-state index >= 15 is 4.39 Å². The maximum atomic E-state index is 15.1. The Kier molecular flexibility index (Phi) is 7.44. The molecule has 3 rings (SSSR count). The highest BCUT2D eigenvalue weighted by molar-refractivity contribution is 6.33. The molecule has 0 amide bonds. The number of methoxy groups -OCH3 is 1. The van der Waals surface area contributed by atoms with E-state index in [1.54, 1.807) is 0 Å². The maximum Gasteiger partial charge on any atom is 0.431 e. The summed E-state index contributed by atoms with van der Waals surface area (Å²) in [6.45, 7) is 3.15. The third-order valence-electron chi connectivity index (χ3n) is 5.09. The first-order chi connectivity index (χ1) is 15.9. The zero-order valence-corrected chi connectivity index (χ0v) is 19.3. The molecule has 0 bridgehead atoms. The van der Waals surface area contributed by atoms with Crippen LogP contribution in [0.2, 0.25) is 10.0 Å². The zero-order chi connectivity index (χ0) is 25.4. The summed E-state index contributed by atoms with van der Waals surface area (Å²) in [5.41, 5.74) is -1.77. The Hall–Kier alpha value is -2.82. The lowest BCUT2D eigenvalue weighted by Crippen LogP contribution is -2.43. The average molecular weight is 521 g/mol. The molecule has 2 aromatic rings. The molecule has 6 nitrogen and oxygen atoms in total. The van der Waals surface area contributed by atoms with Gasteiger partial charge in [-0.2, -0.15) is 13.2 Å². The molecule has 1 aliphatic heterocycles. The number of aliphatic carboxylic acids is 1. The number of nitrogens with zero attached hydrogens (tertiary/aromatic N) is 2. The molecule has 2 aromatic carbocycles. The number of anilines is 1. The van der Waals surface area contributed by atoms with Gasteiger partial charge in [-0.25, -0.2) is 4.39 Å². The van der Waals surface area contributed by atoms with Crippen molar-refractivity contribution < 1.29 is 36.9 Å². The molecule has 0 aromatic heterocycles. The highest BCUT2D eigenvalue weighted by atomic mass is 35.5. The van der Waals surface area contributed by atoms with Crippen molar-refractivity contribution in [1.29, 1.82) is 0 Å². The Morgan fingerprint density at radius 3 is 2.53 bits per heavy atom. The number of ether oxygens (including phenoxy) is 2. The largest absolute Gasteiger partial charge is 0.495 e. The summed E-state index contributed by atoms with van der Waals surface area (Å²) in [4.78, 5) is 16.1. The van der Waals surface area contributed by atoms with Crippen molar-refractivity contribution >= 4 is 40.7 Å². The van der Waals surface area contributed by atoms with E-state index in [-0.39, 0.29) is 32.6 Å². The van der Waals surface area contributed by atoms with Gasteiger partial charge < -0.3 is 14.6 Å². The third kappa shape index (κ3) is 4.84. The Bertz CT molecular complexity index is 1170. The number of carboxylic acid groups (broad SMARTS) is 1. The van der Waals surface area contributed by atoms with Crippen LogP contribution in [-0.2, 0) is 9.53 Å². The first-order valence-electron chi connectivity index (χ1n) is 9.62. The van der Waals surface area contributed by atoms with Gasteiger partial charge in [-0.05, 0) is 30.3 Å². The van der Waals surface area contributed by atoms with Crippen molar-refractivity contribution in [3.8, 4) is 5.75 Å². The number of fused-ring (bicyclic) bond motifs is 1. The molecule has 0 fully saturated rings. The van der Waals surface area contributed by atoms with Gasteiger partial charge in [-0.3, -0.25) is 14.7 Å². The molecule has 182 valence electrons. The second-order valence-electron chi connectivity index (χ2n) is 7.14. The van der Waals surface area contributed by atoms with Gasteiger partial charge in [-0.1, -0.05) is 29.8 Å². The number of amidine groups is 1. The van der Waals surface area contributed by atoms with Crippen LogP contribution in [0.15, 0.2) is 47.6 Å². The summed E-state index contributed by atoms with van der Waals surface area (Å²) in [5.74, 6) is -2.56. The predicted molar refractivity (Wildman–Crippen MR) is 119 cm³/mol. The van der Waals surface area contributed by atoms with Crippen molar-refractivity contribution in [3.05, 3.63) is 69.6 Å². The topological polar surface area (TPSA) is 71.4 Å². The highest BCUT2D eigenvalue weighted by Crippen LogP contribution is 2.47. The monoisotopic (exact) mass is 520 g/mol. The van der Waals surface area contributed by atoms with Crippen LogP contribution < -0.4 is 9.64 Å². The van der Waals surface area contributed by atoms with Crippen LogP contribution in [-0.4, -0.2) is 43.3 Å². The average Bonchev–Trinajstić information content (AvgIpc) is 2.87. The number of carbonyl (C=O) groups is 1. The zero-order valence-electron chi connectivity index (χ0n) is 17.8. The summed E-state index contributed by atoms with van der Waals surface area (Å²) < 4.78 is 67.6. The molecular formula is C22H18Cl2F4N2O4. The Morgan fingerprint density at radius 2 is 1.97 bits per heavy atom. The van der Waals surface area contributed by atoms with Gasteiger partial charge in [-0.15, -0.1) is 0 Å². The minimum Gasteiger partial charge on any atom is -0.495 e. The van der Waals surface area contributed by atoms with Crippen molar-refractivity contribution in [1.82, 2.24) is 0 Å². The molecule has 1 aliphatic rings. The van der Waals surface area contributed by atoms with Gasteiger partial charge in [0, 0.05) is 23.2 Å². The van der Waals surface area contributed by atoms with Crippen molar-refractivity contribution in [3.63, 3.8) is 0 Å². The first kappa shape index (κ1) is 25.8. The second kappa shape index (κ2) is 9.81. The number of alkyl halides is 3. The highest BCUT2D eigenvalue weighted by Gasteiger charge is 2.45. The van der Waals surface area contributed by atoms with Crippen molar-refractivity contribution in [2.75, 3.05) is 19.1 Å². The number of benzene rings is 2. The van der Waals surface area contributed by atoms with Crippen LogP contribution in [0.3, 0.4) is 0 Å². The Balaban J connectivity index is 2.39. The number of hydrogen-bond donors (Lipinski definition) is 1. The van der Waals surface area contributed by atoms with E-state index in [2.05, 4.69) is 11.6 Å². The number of halogens is 6. The molecule has 12 heteroatoms. The van der Waals surface area contributed by atoms with E-state index in [1.165, 1.54) is 38.4 Å².